The van der Waals surface area contributed by atoms with Crippen molar-refractivity contribution >= 4 is 33.5 Å². The van der Waals surface area contributed by atoms with Gasteiger partial charge in [0.25, 0.3) is 0 Å². The number of amides is 1. The summed E-state index contributed by atoms with van der Waals surface area (Å²) in [5, 5.41) is 10.8. The van der Waals surface area contributed by atoms with Gasteiger partial charge in [-0.25, -0.2) is 4.98 Å². The number of anilines is 1. The van der Waals surface area contributed by atoms with Crippen LogP contribution in [0.1, 0.15) is 18.7 Å². The highest BCUT2D eigenvalue weighted by Gasteiger charge is 2.06. The Labute approximate surface area is 138 Å². The molecule has 0 aliphatic carbocycles. The van der Waals surface area contributed by atoms with E-state index in [2.05, 4.69) is 25.5 Å². The second-order valence-electron chi connectivity index (χ2n) is 5.77. The Bertz CT molecular complexity index is 968. The normalized spacial score (nSPS) is 11.2. The van der Waals surface area contributed by atoms with Gasteiger partial charge in [-0.3, -0.25) is 9.89 Å². The smallest absolute Gasteiger partial charge is 0.224 e. The number of rotatable bonds is 5. The highest BCUT2D eigenvalue weighted by molar-refractivity contribution is 5.93. The number of nitrogens with zero attached hydrogens (tertiary/aromatic N) is 2. The van der Waals surface area contributed by atoms with Crippen molar-refractivity contribution in [1.29, 1.82) is 0 Å². The molecule has 0 saturated carbocycles. The number of benzene rings is 2. The Hall–Kier alpha value is -3.15. The van der Waals surface area contributed by atoms with Gasteiger partial charge in [0.05, 0.1) is 22.7 Å². The number of para-hydroxylation sites is 2. The zero-order valence-corrected chi connectivity index (χ0v) is 13.0. The van der Waals surface area contributed by atoms with E-state index in [0.29, 0.717) is 6.42 Å². The van der Waals surface area contributed by atoms with Crippen LogP contribution in [0.5, 0.6) is 0 Å². The largest absolute Gasteiger partial charge is 0.342 e. The first-order chi connectivity index (χ1) is 11.8. The van der Waals surface area contributed by atoms with Crippen LogP contribution in [0.2, 0.25) is 0 Å². The fourth-order valence-electron chi connectivity index (χ4n) is 2.78. The number of nitrogens with one attached hydrogen (secondary N) is 3. The topological polar surface area (TPSA) is 86.5 Å². The number of carbonyl (C=O) groups excluding carboxylic acids is 1. The van der Waals surface area contributed by atoms with Gasteiger partial charge in [-0.15, -0.1) is 0 Å². The molecule has 0 fully saturated rings. The zero-order valence-electron chi connectivity index (χ0n) is 13.0. The highest BCUT2D eigenvalue weighted by atomic mass is 16.1. The molecule has 120 valence electrons. The van der Waals surface area contributed by atoms with Crippen molar-refractivity contribution in [2.75, 3.05) is 5.32 Å². The van der Waals surface area contributed by atoms with E-state index in [1.165, 1.54) is 0 Å². The van der Waals surface area contributed by atoms with E-state index in [0.717, 1.165) is 46.3 Å². The molecule has 0 bridgehead atoms. The average molecular weight is 319 g/mol. The molecule has 4 rings (SSSR count). The van der Waals surface area contributed by atoms with E-state index in [1.807, 2.05) is 42.5 Å². The Morgan fingerprint density at radius 1 is 1.12 bits per heavy atom. The molecular formula is C18H17N5O. The Balaban J connectivity index is 1.32. The minimum absolute atomic E-state index is 0.00461. The van der Waals surface area contributed by atoms with Crippen LogP contribution in [0.25, 0.3) is 21.9 Å². The first-order valence-corrected chi connectivity index (χ1v) is 7.94. The fourth-order valence-corrected chi connectivity index (χ4v) is 2.78. The summed E-state index contributed by atoms with van der Waals surface area (Å²) in [4.78, 5) is 19.9. The van der Waals surface area contributed by atoms with E-state index in [9.17, 15) is 4.79 Å². The third-order valence-corrected chi connectivity index (χ3v) is 3.98. The van der Waals surface area contributed by atoms with E-state index in [4.69, 9.17) is 0 Å². The molecule has 0 spiro atoms. The summed E-state index contributed by atoms with van der Waals surface area (Å²) >= 11 is 0. The molecule has 4 aromatic rings. The SMILES string of the molecule is O=C(CCCc1nc2ccccc2[nH]1)Nc1ccc2cn[nH]c2c1. The summed E-state index contributed by atoms with van der Waals surface area (Å²) in [6.07, 6.45) is 3.71. The third-order valence-electron chi connectivity index (χ3n) is 3.98. The van der Waals surface area contributed by atoms with E-state index in [1.54, 1.807) is 6.20 Å². The Morgan fingerprint density at radius 3 is 2.96 bits per heavy atom. The van der Waals surface area contributed by atoms with Crippen molar-refractivity contribution in [2.45, 2.75) is 19.3 Å². The molecule has 1 amide bonds. The predicted molar refractivity (Wildman–Crippen MR) is 93.8 cm³/mol. The standard InChI is InChI=1S/C18H17N5O/c24-18(20-13-9-8-12-11-19-23-16(12)10-13)7-3-6-17-21-14-4-1-2-5-15(14)22-17/h1-2,4-5,8-11H,3,6-7H2,(H,19,23)(H,20,24)(H,21,22). The summed E-state index contributed by atoms with van der Waals surface area (Å²) in [5.74, 6) is 0.924. The molecule has 0 aliphatic rings. The number of fused-ring (bicyclic) bond motifs is 2. The van der Waals surface area contributed by atoms with Crippen molar-refractivity contribution in [3.63, 3.8) is 0 Å². The molecule has 3 N–H and O–H groups in total. The summed E-state index contributed by atoms with van der Waals surface area (Å²) < 4.78 is 0. The molecule has 2 aromatic heterocycles. The summed E-state index contributed by atoms with van der Waals surface area (Å²) in [6, 6.07) is 13.6. The van der Waals surface area contributed by atoms with E-state index >= 15 is 0 Å². The number of hydrogen-bond acceptors (Lipinski definition) is 3. The lowest BCUT2D eigenvalue weighted by Gasteiger charge is -2.04. The van der Waals surface area contributed by atoms with Crippen LogP contribution in [0.4, 0.5) is 5.69 Å². The molecule has 6 nitrogen and oxygen atoms in total. The lowest BCUT2D eigenvalue weighted by atomic mass is 10.2. The average Bonchev–Trinajstić information content (AvgIpc) is 3.20. The molecule has 6 heteroatoms. The second-order valence-corrected chi connectivity index (χ2v) is 5.77. The monoisotopic (exact) mass is 319 g/mol. The number of H-pyrrole nitrogens is 2. The quantitative estimate of drug-likeness (QED) is 0.527. The highest BCUT2D eigenvalue weighted by Crippen LogP contribution is 2.17. The van der Waals surface area contributed by atoms with Crippen LogP contribution in [-0.4, -0.2) is 26.1 Å². The lowest BCUT2D eigenvalue weighted by molar-refractivity contribution is -0.116. The van der Waals surface area contributed by atoms with E-state index in [-0.39, 0.29) is 5.91 Å². The van der Waals surface area contributed by atoms with Gasteiger partial charge in [0.1, 0.15) is 5.82 Å². The number of aromatic amines is 2. The van der Waals surface area contributed by atoms with Gasteiger partial charge >= 0.3 is 0 Å². The van der Waals surface area contributed by atoms with E-state index < -0.39 is 0 Å². The fraction of sp³-hybridized carbons (Fsp3) is 0.167. The molecule has 2 heterocycles. The number of carbonyl (C=O) groups is 1. The zero-order chi connectivity index (χ0) is 16.4. The lowest BCUT2D eigenvalue weighted by Crippen LogP contribution is -2.11. The van der Waals surface area contributed by atoms with Crippen LogP contribution in [0.3, 0.4) is 0 Å². The third kappa shape index (κ3) is 2.99. The van der Waals surface area contributed by atoms with Crippen LogP contribution < -0.4 is 5.32 Å². The molecular weight excluding hydrogens is 302 g/mol. The van der Waals surface area contributed by atoms with Gasteiger partial charge in [0.15, 0.2) is 0 Å². The Morgan fingerprint density at radius 2 is 2.04 bits per heavy atom. The van der Waals surface area contributed by atoms with Crippen molar-refractivity contribution < 1.29 is 4.79 Å². The summed E-state index contributed by atoms with van der Waals surface area (Å²) in [6.45, 7) is 0. The maximum Gasteiger partial charge on any atom is 0.224 e. The van der Waals surface area contributed by atoms with Crippen LogP contribution in [-0.2, 0) is 11.2 Å². The number of aromatic nitrogens is 4. The molecule has 0 saturated heterocycles. The van der Waals surface area contributed by atoms with Gasteiger partial charge in [0.2, 0.25) is 5.91 Å². The number of aryl methyl sites for hydroxylation is 1. The Kier molecular flexibility index (Phi) is 3.70. The van der Waals surface area contributed by atoms with Crippen molar-refractivity contribution in [2.24, 2.45) is 0 Å². The van der Waals surface area contributed by atoms with Gasteiger partial charge in [-0.05, 0) is 36.8 Å². The second kappa shape index (κ2) is 6.16. The predicted octanol–water partition coefficient (Wildman–Crippen LogP) is 3.40. The summed E-state index contributed by atoms with van der Waals surface area (Å²) in [7, 11) is 0. The number of imidazole rings is 1. The first-order valence-electron chi connectivity index (χ1n) is 7.94. The summed E-state index contributed by atoms with van der Waals surface area (Å²) in [5.41, 5.74) is 3.69. The molecule has 0 aliphatic heterocycles. The molecule has 0 unspecified atom stereocenters. The minimum atomic E-state index is 0.00461. The molecule has 2 aromatic carbocycles. The maximum absolute atomic E-state index is 12.1. The van der Waals surface area contributed by atoms with Gasteiger partial charge in [-0.1, -0.05) is 12.1 Å². The van der Waals surface area contributed by atoms with Crippen LogP contribution in [0.15, 0.2) is 48.7 Å². The number of hydrogen-bond donors (Lipinski definition) is 3. The van der Waals surface area contributed by atoms with Gasteiger partial charge < -0.3 is 10.3 Å². The van der Waals surface area contributed by atoms with Crippen molar-refractivity contribution in [1.82, 2.24) is 20.2 Å². The molecule has 0 atom stereocenters. The molecule has 24 heavy (non-hydrogen) atoms. The van der Waals surface area contributed by atoms with Crippen molar-refractivity contribution in [3.8, 4) is 0 Å². The van der Waals surface area contributed by atoms with Gasteiger partial charge in [0, 0.05) is 23.9 Å². The van der Waals surface area contributed by atoms with Crippen LogP contribution >= 0.6 is 0 Å². The van der Waals surface area contributed by atoms with Crippen LogP contribution in [0, 0.1) is 0 Å². The molecule has 0 radical (unpaired) electrons. The minimum Gasteiger partial charge on any atom is -0.342 e. The first kappa shape index (κ1) is 14.4. The maximum atomic E-state index is 12.1. The van der Waals surface area contributed by atoms with Gasteiger partial charge in [-0.2, -0.15) is 5.10 Å². The van der Waals surface area contributed by atoms with Crippen molar-refractivity contribution in [3.05, 3.63) is 54.5 Å².